The molecular weight excluding hydrogens is 158 g/mol. The summed E-state index contributed by atoms with van der Waals surface area (Å²) in [6.07, 6.45) is 0.240. The van der Waals surface area contributed by atoms with E-state index in [0.717, 1.165) is 0 Å². The normalized spacial score (nSPS) is 33.6. The second-order valence-electron chi connectivity index (χ2n) is 3.23. The fourth-order valence-electron chi connectivity index (χ4n) is 1.16. The van der Waals surface area contributed by atoms with Gasteiger partial charge in [-0.1, -0.05) is 6.92 Å². The van der Waals surface area contributed by atoms with E-state index in [9.17, 15) is 9.59 Å². The SMILES string of the molecule is CC[C@@]1(C)C(=O)N[C@@H]1OC(C)=O. The van der Waals surface area contributed by atoms with E-state index < -0.39 is 11.6 Å². The van der Waals surface area contributed by atoms with Crippen LogP contribution < -0.4 is 5.32 Å². The fraction of sp³-hybridized carbons (Fsp3) is 0.750. The number of amides is 1. The molecule has 1 saturated heterocycles. The molecule has 2 atom stereocenters. The second-order valence-corrected chi connectivity index (χ2v) is 3.23. The first-order valence-corrected chi connectivity index (χ1v) is 3.99. The van der Waals surface area contributed by atoms with Crippen molar-refractivity contribution in [1.82, 2.24) is 5.32 Å². The van der Waals surface area contributed by atoms with Crippen LogP contribution in [0.2, 0.25) is 0 Å². The van der Waals surface area contributed by atoms with Crippen LogP contribution in [0.3, 0.4) is 0 Å². The molecule has 1 N–H and O–H groups in total. The van der Waals surface area contributed by atoms with Crippen molar-refractivity contribution in [3.05, 3.63) is 0 Å². The number of ether oxygens (including phenoxy) is 1. The summed E-state index contributed by atoms with van der Waals surface area (Å²) in [5.41, 5.74) is -0.522. The first-order chi connectivity index (χ1) is 5.50. The Hall–Kier alpha value is -1.06. The van der Waals surface area contributed by atoms with Gasteiger partial charge in [0.1, 0.15) is 5.41 Å². The molecule has 68 valence electrons. The number of carbonyl (C=O) groups is 2. The van der Waals surface area contributed by atoms with Gasteiger partial charge in [-0.3, -0.25) is 9.59 Å². The van der Waals surface area contributed by atoms with Crippen molar-refractivity contribution in [1.29, 1.82) is 0 Å². The van der Waals surface area contributed by atoms with Crippen LogP contribution in [0.5, 0.6) is 0 Å². The molecule has 0 bridgehead atoms. The molecule has 4 heteroatoms. The Balaban J connectivity index is 2.60. The van der Waals surface area contributed by atoms with Crippen LogP contribution in [0.25, 0.3) is 0 Å². The van der Waals surface area contributed by atoms with Crippen molar-refractivity contribution in [3.63, 3.8) is 0 Å². The summed E-state index contributed by atoms with van der Waals surface area (Å²) in [5, 5.41) is 2.53. The molecule has 0 aromatic heterocycles. The van der Waals surface area contributed by atoms with Gasteiger partial charge in [0.2, 0.25) is 5.91 Å². The molecule has 0 aliphatic carbocycles. The lowest BCUT2D eigenvalue weighted by atomic mass is 9.78. The van der Waals surface area contributed by atoms with Gasteiger partial charge in [0, 0.05) is 6.92 Å². The molecule has 0 radical (unpaired) electrons. The minimum Gasteiger partial charge on any atom is -0.441 e. The Morgan fingerprint density at radius 2 is 2.33 bits per heavy atom. The third kappa shape index (κ3) is 1.17. The summed E-state index contributed by atoms with van der Waals surface area (Å²) in [6, 6.07) is 0. The van der Waals surface area contributed by atoms with Crippen LogP contribution in [0.1, 0.15) is 27.2 Å². The minimum atomic E-state index is -0.522. The maximum absolute atomic E-state index is 11.1. The standard InChI is InChI=1S/C8H13NO3/c1-4-8(3)6(11)9-7(8)12-5(2)10/h7H,4H2,1-3H3,(H,9,11)/t7-,8+/m1/s1. The van der Waals surface area contributed by atoms with Gasteiger partial charge in [0.15, 0.2) is 6.23 Å². The molecule has 1 heterocycles. The Morgan fingerprint density at radius 1 is 1.75 bits per heavy atom. The third-order valence-corrected chi connectivity index (χ3v) is 2.38. The average Bonchev–Trinajstić information content (AvgIpc) is 2.02. The number of hydrogen-bond acceptors (Lipinski definition) is 3. The zero-order valence-corrected chi connectivity index (χ0v) is 7.51. The summed E-state index contributed by atoms with van der Waals surface area (Å²) in [4.78, 5) is 21.7. The summed E-state index contributed by atoms with van der Waals surface area (Å²) in [7, 11) is 0. The largest absolute Gasteiger partial charge is 0.441 e. The zero-order chi connectivity index (χ0) is 9.35. The number of rotatable bonds is 2. The lowest BCUT2D eigenvalue weighted by Crippen LogP contribution is -2.66. The van der Waals surface area contributed by atoms with Crippen LogP contribution in [-0.2, 0) is 14.3 Å². The minimum absolute atomic E-state index is 0.0451. The van der Waals surface area contributed by atoms with Crippen molar-refractivity contribution in [2.75, 3.05) is 0 Å². The quantitative estimate of drug-likeness (QED) is 0.484. The Labute approximate surface area is 71.3 Å². The van der Waals surface area contributed by atoms with Crippen molar-refractivity contribution >= 4 is 11.9 Å². The van der Waals surface area contributed by atoms with E-state index in [4.69, 9.17) is 4.74 Å². The Kier molecular flexibility index (Phi) is 2.08. The zero-order valence-electron chi connectivity index (χ0n) is 7.51. The van der Waals surface area contributed by atoms with E-state index >= 15 is 0 Å². The topological polar surface area (TPSA) is 55.4 Å². The lowest BCUT2D eigenvalue weighted by Gasteiger charge is -2.44. The van der Waals surface area contributed by atoms with Crippen molar-refractivity contribution < 1.29 is 14.3 Å². The first kappa shape index (κ1) is 9.03. The van der Waals surface area contributed by atoms with Crippen molar-refractivity contribution in [2.24, 2.45) is 5.41 Å². The summed E-state index contributed by atoms with van der Waals surface area (Å²) >= 11 is 0. The van der Waals surface area contributed by atoms with Crippen LogP contribution >= 0.6 is 0 Å². The number of hydrogen-bond donors (Lipinski definition) is 1. The van der Waals surface area contributed by atoms with E-state index in [0.29, 0.717) is 6.42 Å². The second kappa shape index (κ2) is 2.77. The van der Waals surface area contributed by atoms with Crippen LogP contribution in [0, 0.1) is 5.41 Å². The van der Waals surface area contributed by atoms with E-state index in [-0.39, 0.29) is 11.9 Å². The first-order valence-electron chi connectivity index (χ1n) is 3.99. The molecule has 12 heavy (non-hydrogen) atoms. The average molecular weight is 171 g/mol. The number of carbonyl (C=O) groups excluding carboxylic acids is 2. The number of β-lactam (4-membered cyclic amide) rings is 1. The molecule has 0 unspecified atom stereocenters. The monoisotopic (exact) mass is 171 g/mol. The third-order valence-electron chi connectivity index (χ3n) is 2.38. The molecule has 0 aromatic rings. The molecule has 0 spiro atoms. The summed E-state index contributed by atoms with van der Waals surface area (Å²) in [5.74, 6) is -0.407. The predicted octanol–water partition coefficient (Wildman–Crippen LogP) is 0.422. The lowest BCUT2D eigenvalue weighted by molar-refractivity contribution is -0.180. The smallest absolute Gasteiger partial charge is 0.304 e. The maximum Gasteiger partial charge on any atom is 0.304 e. The molecule has 4 nitrogen and oxygen atoms in total. The van der Waals surface area contributed by atoms with E-state index in [1.54, 1.807) is 6.92 Å². The van der Waals surface area contributed by atoms with Crippen LogP contribution in [0.15, 0.2) is 0 Å². The molecule has 0 saturated carbocycles. The van der Waals surface area contributed by atoms with Gasteiger partial charge in [-0.15, -0.1) is 0 Å². The number of esters is 1. The maximum atomic E-state index is 11.1. The molecule has 0 aromatic carbocycles. The van der Waals surface area contributed by atoms with Gasteiger partial charge >= 0.3 is 5.97 Å². The molecule has 1 fully saturated rings. The van der Waals surface area contributed by atoms with Gasteiger partial charge < -0.3 is 10.1 Å². The Bertz CT molecular complexity index is 226. The van der Waals surface area contributed by atoms with Gasteiger partial charge in [-0.25, -0.2) is 0 Å². The van der Waals surface area contributed by atoms with Crippen LogP contribution in [-0.4, -0.2) is 18.1 Å². The van der Waals surface area contributed by atoms with Crippen molar-refractivity contribution in [3.8, 4) is 0 Å². The summed E-state index contributed by atoms with van der Waals surface area (Å²) in [6.45, 7) is 5.02. The molecule has 1 rings (SSSR count). The van der Waals surface area contributed by atoms with Crippen molar-refractivity contribution in [2.45, 2.75) is 33.4 Å². The predicted molar refractivity (Wildman–Crippen MR) is 42.1 cm³/mol. The summed E-state index contributed by atoms with van der Waals surface area (Å²) < 4.78 is 4.89. The van der Waals surface area contributed by atoms with E-state index in [1.807, 2.05) is 6.92 Å². The molecule has 1 aliphatic heterocycles. The highest BCUT2D eigenvalue weighted by Crippen LogP contribution is 2.34. The Morgan fingerprint density at radius 3 is 2.67 bits per heavy atom. The van der Waals surface area contributed by atoms with Gasteiger partial charge in [-0.05, 0) is 13.3 Å². The van der Waals surface area contributed by atoms with Crippen LogP contribution in [0.4, 0.5) is 0 Å². The molecule has 1 amide bonds. The molecular formula is C8H13NO3. The van der Waals surface area contributed by atoms with Gasteiger partial charge in [-0.2, -0.15) is 0 Å². The van der Waals surface area contributed by atoms with E-state index in [1.165, 1.54) is 6.92 Å². The van der Waals surface area contributed by atoms with Gasteiger partial charge in [0.05, 0.1) is 0 Å². The van der Waals surface area contributed by atoms with E-state index in [2.05, 4.69) is 5.32 Å². The number of nitrogens with one attached hydrogen (secondary N) is 1. The fourth-order valence-corrected chi connectivity index (χ4v) is 1.16. The van der Waals surface area contributed by atoms with Gasteiger partial charge in [0.25, 0.3) is 0 Å². The highest BCUT2D eigenvalue weighted by atomic mass is 16.6. The highest BCUT2D eigenvalue weighted by molar-refractivity contribution is 5.89. The highest BCUT2D eigenvalue weighted by Gasteiger charge is 2.52. The molecule has 1 aliphatic rings.